The number of carbonyl (C=O) groups is 2. The number of aromatic hydroxyl groups is 1. The SMILES string of the molecule is O=C(COC(=O)Cc1coc2cc(O)ccc12)N[C@@H]1CCCc2ccccc21. The Kier molecular flexibility index (Phi) is 5.02. The molecule has 1 heterocycles. The third kappa shape index (κ3) is 3.86. The van der Waals surface area contributed by atoms with E-state index in [-0.39, 0.29) is 30.7 Å². The van der Waals surface area contributed by atoms with Crippen molar-refractivity contribution in [2.75, 3.05) is 6.61 Å². The van der Waals surface area contributed by atoms with E-state index >= 15 is 0 Å². The van der Waals surface area contributed by atoms with Crippen LogP contribution in [-0.4, -0.2) is 23.6 Å². The molecule has 1 atom stereocenters. The van der Waals surface area contributed by atoms with Gasteiger partial charge in [-0.25, -0.2) is 0 Å². The lowest BCUT2D eigenvalue weighted by atomic mass is 9.88. The van der Waals surface area contributed by atoms with E-state index in [1.807, 2.05) is 18.2 Å². The molecule has 1 aromatic heterocycles. The summed E-state index contributed by atoms with van der Waals surface area (Å²) < 4.78 is 10.5. The maximum atomic E-state index is 12.2. The molecule has 3 aromatic rings. The predicted octanol–water partition coefficient (Wildman–Crippen LogP) is 3.42. The van der Waals surface area contributed by atoms with Crippen molar-refractivity contribution in [3.8, 4) is 5.75 Å². The van der Waals surface area contributed by atoms with E-state index in [2.05, 4.69) is 11.4 Å². The van der Waals surface area contributed by atoms with E-state index in [4.69, 9.17) is 9.15 Å². The highest BCUT2D eigenvalue weighted by molar-refractivity contribution is 5.87. The molecule has 0 saturated carbocycles. The molecule has 0 unspecified atom stereocenters. The van der Waals surface area contributed by atoms with Crippen LogP contribution in [0.3, 0.4) is 0 Å². The lowest BCUT2D eigenvalue weighted by Gasteiger charge is -2.26. The van der Waals surface area contributed by atoms with Crippen LogP contribution in [0.4, 0.5) is 0 Å². The van der Waals surface area contributed by atoms with Crippen molar-refractivity contribution in [3.63, 3.8) is 0 Å². The number of benzene rings is 2. The molecular weight excluding hydrogens is 358 g/mol. The minimum absolute atomic E-state index is 0.00266. The molecule has 28 heavy (non-hydrogen) atoms. The van der Waals surface area contributed by atoms with Gasteiger partial charge >= 0.3 is 5.97 Å². The molecule has 0 aliphatic heterocycles. The van der Waals surface area contributed by atoms with Crippen LogP contribution in [0.5, 0.6) is 5.75 Å². The number of aryl methyl sites for hydroxylation is 1. The third-order valence-electron chi connectivity index (χ3n) is 5.04. The zero-order valence-electron chi connectivity index (χ0n) is 15.3. The van der Waals surface area contributed by atoms with Crippen molar-refractivity contribution in [2.45, 2.75) is 31.7 Å². The number of nitrogens with one attached hydrogen (secondary N) is 1. The number of amides is 1. The highest BCUT2D eigenvalue weighted by Gasteiger charge is 2.22. The normalized spacial score (nSPS) is 15.8. The second kappa shape index (κ2) is 7.76. The molecule has 2 aromatic carbocycles. The largest absolute Gasteiger partial charge is 0.508 e. The molecule has 1 aliphatic rings. The van der Waals surface area contributed by atoms with Crippen LogP contribution in [0.2, 0.25) is 0 Å². The van der Waals surface area contributed by atoms with Gasteiger partial charge in [0.15, 0.2) is 6.61 Å². The summed E-state index contributed by atoms with van der Waals surface area (Å²) in [6.45, 7) is -0.311. The Labute approximate surface area is 162 Å². The first kappa shape index (κ1) is 18.1. The van der Waals surface area contributed by atoms with E-state index in [0.29, 0.717) is 11.1 Å². The van der Waals surface area contributed by atoms with Crippen molar-refractivity contribution >= 4 is 22.8 Å². The fourth-order valence-electron chi connectivity index (χ4n) is 3.70. The van der Waals surface area contributed by atoms with Crippen molar-refractivity contribution in [3.05, 3.63) is 65.4 Å². The summed E-state index contributed by atoms with van der Waals surface area (Å²) in [5.41, 5.74) is 3.55. The Balaban J connectivity index is 1.32. The smallest absolute Gasteiger partial charge is 0.310 e. The predicted molar refractivity (Wildman–Crippen MR) is 103 cm³/mol. The zero-order chi connectivity index (χ0) is 19.5. The summed E-state index contributed by atoms with van der Waals surface area (Å²) in [6, 6.07) is 12.8. The van der Waals surface area contributed by atoms with Crippen LogP contribution < -0.4 is 5.32 Å². The average molecular weight is 379 g/mol. The summed E-state index contributed by atoms with van der Waals surface area (Å²) in [5, 5.41) is 13.2. The fraction of sp³-hybridized carbons (Fsp3) is 0.273. The Morgan fingerprint density at radius 3 is 2.96 bits per heavy atom. The summed E-state index contributed by atoms with van der Waals surface area (Å²) in [7, 11) is 0. The van der Waals surface area contributed by atoms with Gasteiger partial charge in [0.05, 0.1) is 18.7 Å². The van der Waals surface area contributed by atoms with E-state index in [1.165, 1.54) is 24.0 Å². The van der Waals surface area contributed by atoms with Gasteiger partial charge in [0, 0.05) is 17.0 Å². The lowest BCUT2D eigenvalue weighted by molar-refractivity contribution is -0.148. The standard InChI is InChI=1S/C22H21NO5/c24-16-8-9-18-15(12-27-20(18)11-16)10-22(26)28-13-21(25)23-19-7-3-5-14-4-1-2-6-17(14)19/h1-2,4,6,8-9,11-12,19,24H,3,5,7,10,13H2,(H,23,25)/t19-/m1/s1. The van der Waals surface area contributed by atoms with Gasteiger partial charge in [-0.15, -0.1) is 0 Å². The number of furan rings is 1. The van der Waals surface area contributed by atoms with Crippen LogP contribution in [0.15, 0.2) is 53.1 Å². The topological polar surface area (TPSA) is 88.8 Å². The highest BCUT2D eigenvalue weighted by atomic mass is 16.5. The number of fused-ring (bicyclic) bond motifs is 2. The van der Waals surface area contributed by atoms with Gasteiger partial charge in [-0.05, 0) is 42.5 Å². The summed E-state index contributed by atoms with van der Waals surface area (Å²) in [4.78, 5) is 24.4. The summed E-state index contributed by atoms with van der Waals surface area (Å²) in [6.07, 6.45) is 4.38. The monoisotopic (exact) mass is 379 g/mol. The van der Waals surface area contributed by atoms with Gasteiger partial charge in [-0.3, -0.25) is 9.59 Å². The van der Waals surface area contributed by atoms with Crippen molar-refractivity contribution in [1.82, 2.24) is 5.32 Å². The van der Waals surface area contributed by atoms with Crippen LogP contribution in [-0.2, 0) is 27.2 Å². The number of ether oxygens (including phenoxy) is 1. The first-order chi connectivity index (χ1) is 13.6. The van der Waals surface area contributed by atoms with E-state index < -0.39 is 5.97 Å². The maximum Gasteiger partial charge on any atom is 0.310 e. The van der Waals surface area contributed by atoms with Gasteiger partial charge in [-0.1, -0.05) is 24.3 Å². The van der Waals surface area contributed by atoms with Gasteiger partial charge in [-0.2, -0.15) is 0 Å². The van der Waals surface area contributed by atoms with E-state index in [0.717, 1.165) is 30.2 Å². The zero-order valence-corrected chi connectivity index (χ0v) is 15.3. The molecule has 0 saturated heterocycles. The van der Waals surface area contributed by atoms with Gasteiger partial charge in [0.25, 0.3) is 5.91 Å². The Morgan fingerprint density at radius 2 is 2.07 bits per heavy atom. The second-order valence-corrected chi connectivity index (χ2v) is 6.99. The number of phenols is 1. The first-order valence-electron chi connectivity index (χ1n) is 9.32. The van der Waals surface area contributed by atoms with Crippen molar-refractivity contribution in [2.24, 2.45) is 0 Å². The molecule has 0 bridgehead atoms. The molecule has 4 rings (SSSR count). The van der Waals surface area contributed by atoms with E-state index in [9.17, 15) is 14.7 Å². The summed E-state index contributed by atoms with van der Waals surface area (Å²) >= 11 is 0. The molecule has 1 amide bonds. The molecule has 6 nitrogen and oxygen atoms in total. The summed E-state index contributed by atoms with van der Waals surface area (Å²) in [5.74, 6) is -0.719. The van der Waals surface area contributed by atoms with Crippen molar-refractivity contribution in [1.29, 1.82) is 0 Å². The first-order valence-corrected chi connectivity index (χ1v) is 9.32. The third-order valence-corrected chi connectivity index (χ3v) is 5.04. The number of hydrogen-bond donors (Lipinski definition) is 2. The minimum Gasteiger partial charge on any atom is -0.508 e. The second-order valence-electron chi connectivity index (χ2n) is 6.99. The fourth-order valence-corrected chi connectivity index (χ4v) is 3.70. The Morgan fingerprint density at radius 1 is 1.21 bits per heavy atom. The quantitative estimate of drug-likeness (QED) is 0.663. The Hall–Kier alpha value is -3.28. The number of phenolic OH excluding ortho intramolecular Hbond substituents is 1. The van der Waals surface area contributed by atoms with Gasteiger partial charge in [0.2, 0.25) is 0 Å². The number of esters is 1. The molecule has 1 aliphatic carbocycles. The molecule has 0 spiro atoms. The molecule has 2 N–H and O–H groups in total. The van der Waals surface area contributed by atoms with E-state index in [1.54, 1.807) is 6.07 Å². The van der Waals surface area contributed by atoms with Crippen LogP contribution in [0.25, 0.3) is 11.0 Å². The van der Waals surface area contributed by atoms with Crippen LogP contribution >= 0.6 is 0 Å². The number of hydrogen-bond acceptors (Lipinski definition) is 5. The van der Waals surface area contributed by atoms with Crippen molar-refractivity contribution < 1.29 is 23.8 Å². The van der Waals surface area contributed by atoms with Gasteiger partial charge in [0.1, 0.15) is 11.3 Å². The van der Waals surface area contributed by atoms with Crippen LogP contribution in [0.1, 0.15) is 35.6 Å². The Bertz CT molecular complexity index is 1020. The average Bonchev–Trinajstić information content (AvgIpc) is 3.08. The molecule has 0 radical (unpaired) electrons. The molecule has 0 fully saturated rings. The van der Waals surface area contributed by atoms with Crippen LogP contribution in [0, 0.1) is 0 Å². The molecule has 144 valence electrons. The molecule has 6 heteroatoms. The van der Waals surface area contributed by atoms with Gasteiger partial charge < -0.3 is 19.6 Å². The number of rotatable bonds is 5. The maximum absolute atomic E-state index is 12.2. The lowest BCUT2D eigenvalue weighted by Crippen LogP contribution is -2.34. The minimum atomic E-state index is -0.505. The molecular formula is C22H21NO5. The highest BCUT2D eigenvalue weighted by Crippen LogP contribution is 2.29. The number of carbonyl (C=O) groups excluding carboxylic acids is 2.